The molecule has 0 spiro atoms. The Morgan fingerprint density at radius 1 is 1.56 bits per heavy atom. The summed E-state index contributed by atoms with van der Waals surface area (Å²) in [7, 11) is 1.99. The molecule has 1 N–H and O–H groups in total. The molecule has 6 heteroatoms. The third-order valence-corrected chi connectivity index (χ3v) is 2.99. The van der Waals surface area contributed by atoms with Crippen LogP contribution in [-0.4, -0.2) is 49.4 Å². The number of rotatable bonds is 3. The second-order valence-electron chi connectivity index (χ2n) is 3.78. The zero-order valence-electron chi connectivity index (χ0n) is 9.19. The van der Waals surface area contributed by atoms with Crippen molar-refractivity contribution in [1.29, 1.82) is 0 Å². The van der Waals surface area contributed by atoms with E-state index in [1.165, 1.54) is 0 Å². The van der Waals surface area contributed by atoms with Crippen LogP contribution in [0.1, 0.15) is 0 Å². The number of morpholine rings is 1. The first kappa shape index (κ1) is 12.0. The summed E-state index contributed by atoms with van der Waals surface area (Å²) in [5.74, 6) is 0.745. The molecule has 2 heterocycles. The Balaban J connectivity index is 1.91. The number of ether oxygens (including phenoxy) is 1. The lowest BCUT2D eigenvalue weighted by Gasteiger charge is -2.27. The van der Waals surface area contributed by atoms with Crippen LogP contribution in [-0.2, 0) is 4.74 Å². The summed E-state index contributed by atoms with van der Waals surface area (Å²) in [5, 5.41) is 3.31. The fourth-order valence-electron chi connectivity index (χ4n) is 1.63. The van der Waals surface area contributed by atoms with E-state index in [9.17, 15) is 0 Å². The van der Waals surface area contributed by atoms with Gasteiger partial charge in [-0.1, -0.05) is 0 Å². The number of halogens is 1. The fourth-order valence-corrected chi connectivity index (χ4v) is 1.91. The van der Waals surface area contributed by atoms with Crippen molar-refractivity contribution in [2.75, 3.05) is 38.2 Å². The molecule has 0 radical (unpaired) electrons. The number of nitrogens with zero attached hydrogens (tertiary/aromatic N) is 3. The van der Waals surface area contributed by atoms with E-state index in [0.717, 1.165) is 35.8 Å². The van der Waals surface area contributed by atoms with E-state index in [0.29, 0.717) is 0 Å². The van der Waals surface area contributed by atoms with Crippen LogP contribution < -0.4 is 10.2 Å². The van der Waals surface area contributed by atoms with Gasteiger partial charge in [-0.25, -0.2) is 9.97 Å². The first-order valence-electron chi connectivity index (χ1n) is 5.26. The Bertz CT molecular complexity index is 326. The molecule has 0 aromatic carbocycles. The molecule has 88 valence electrons. The maximum atomic E-state index is 5.63. The van der Waals surface area contributed by atoms with Crippen LogP contribution in [0.4, 0.5) is 5.95 Å². The summed E-state index contributed by atoms with van der Waals surface area (Å²) < 4.78 is 6.68. The monoisotopic (exact) mass is 334 g/mol. The highest BCUT2D eigenvalue weighted by Crippen LogP contribution is 2.08. The summed E-state index contributed by atoms with van der Waals surface area (Å²) in [6, 6.07) is 0. The van der Waals surface area contributed by atoms with Crippen LogP contribution in [0.3, 0.4) is 0 Å². The van der Waals surface area contributed by atoms with E-state index < -0.39 is 0 Å². The highest BCUT2D eigenvalue weighted by Gasteiger charge is 2.16. The Morgan fingerprint density at radius 3 is 2.94 bits per heavy atom. The van der Waals surface area contributed by atoms with Crippen LogP contribution in [0, 0.1) is 3.57 Å². The summed E-state index contributed by atoms with van der Waals surface area (Å²) >= 11 is 2.20. The van der Waals surface area contributed by atoms with E-state index in [-0.39, 0.29) is 6.10 Å². The minimum Gasteiger partial charge on any atom is -0.374 e. The molecule has 0 amide bonds. The second kappa shape index (κ2) is 5.74. The minimum absolute atomic E-state index is 0.224. The summed E-state index contributed by atoms with van der Waals surface area (Å²) in [6.07, 6.45) is 3.86. The van der Waals surface area contributed by atoms with Crippen molar-refractivity contribution >= 4 is 28.5 Å². The highest BCUT2D eigenvalue weighted by atomic mass is 127. The predicted molar refractivity (Wildman–Crippen MR) is 70.6 cm³/mol. The fraction of sp³-hybridized carbons (Fsp3) is 0.600. The van der Waals surface area contributed by atoms with Gasteiger partial charge in [0.25, 0.3) is 0 Å². The van der Waals surface area contributed by atoms with Gasteiger partial charge in [0.2, 0.25) is 5.95 Å². The molecular formula is C10H15IN4O. The van der Waals surface area contributed by atoms with Gasteiger partial charge >= 0.3 is 0 Å². The third-order valence-electron chi connectivity index (χ3n) is 2.43. The largest absolute Gasteiger partial charge is 0.374 e. The van der Waals surface area contributed by atoms with Crippen molar-refractivity contribution < 1.29 is 4.74 Å². The van der Waals surface area contributed by atoms with Gasteiger partial charge in [-0.05, 0) is 22.6 Å². The molecule has 1 aliphatic rings. The average Bonchev–Trinajstić information content (AvgIpc) is 2.31. The van der Waals surface area contributed by atoms with E-state index in [1.807, 2.05) is 24.3 Å². The van der Waals surface area contributed by atoms with Crippen LogP contribution in [0.15, 0.2) is 12.4 Å². The summed E-state index contributed by atoms with van der Waals surface area (Å²) in [5.41, 5.74) is 0. The van der Waals surface area contributed by atoms with Gasteiger partial charge in [-0.15, -0.1) is 0 Å². The van der Waals surface area contributed by atoms with Gasteiger partial charge in [-0.3, -0.25) is 0 Å². The lowest BCUT2D eigenvalue weighted by Crippen LogP contribution is -2.44. The number of aromatic nitrogens is 2. The molecule has 0 bridgehead atoms. The zero-order valence-corrected chi connectivity index (χ0v) is 11.3. The van der Waals surface area contributed by atoms with Gasteiger partial charge in [0.1, 0.15) is 0 Å². The molecule has 0 saturated carbocycles. The Morgan fingerprint density at radius 2 is 2.31 bits per heavy atom. The normalized spacial score (nSPS) is 20.8. The van der Waals surface area contributed by atoms with Gasteiger partial charge in [-0.2, -0.15) is 0 Å². The SMILES string of the molecule is CN(CC1CNCCO1)c1ncc(I)cn1. The molecule has 1 saturated heterocycles. The molecule has 1 atom stereocenters. The number of anilines is 1. The number of hydrogen-bond acceptors (Lipinski definition) is 5. The number of hydrogen-bond donors (Lipinski definition) is 1. The van der Waals surface area contributed by atoms with Crippen LogP contribution in [0.2, 0.25) is 0 Å². The summed E-state index contributed by atoms with van der Waals surface area (Å²) in [6.45, 7) is 3.44. The molecule has 0 aliphatic carbocycles. The molecule has 16 heavy (non-hydrogen) atoms. The van der Waals surface area contributed by atoms with E-state index in [4.69, 9.17) is 4.74 Å². The van der Waals surface area contributed by atoms with Gasteiger partial charge in [0.05, 0.1) is 12.7 Å². The first-order valence-corrected chi connectivity index (χ1v) is 6.34. The first-order chi connectivity index (χ1) is 7.75. The van der Waals surface area contributed by atoms with Crippen molar-refractivity contribution in [2.45, 2.75) is 6.10 Å². The number of nitrogens with one attached hydrogen (secondary N) is 1. The van der Waals surface area contributed by atoms with Crippen molar-refractivity contribution in [3.05, 3.63) is 16.0 Å². The summed E-state index contributed by atoms with van der Waals surface area (Å²) in [4.78, 5) is 10.6. The second-order valence-corrected chi connectivity index (χ2v) is 5.02. The van der Waals surface area contributed by atoms with E-state index in [1.54, 1.807) is 0 Å². The maximum absolute atomic E-state index is 5.63. The molecule has 1 aromatic rings. The van der Waals surface area contributed by atoms with Crippen molar-refractivity contribution in [3.8, 4) is 0 Å². The lowest BCUT2D eigenvalue weighted by atomic mass is 10.3. The molecule has 2 rings (SSSR count). The van der Waals surface area contributed by atoms with Crippen molar-refractivity contribution in [2.24, 2.45) is 0 Å². The molecular weight excluding hydrogens is 319 g/mol. The Kier molecular flexibility index (Phi) is 4.30. The lowest BCUT2D eigenvalue weighted by molar-refractivity contribution is 0.0338. The van der Waals surface area contributed by atoms with Gasteiger partial charge in [0.15, 0.2) is 0 Å². The molecule has 1 aliphatic heterocycles. The Labute approximate surface area is 109 Å². The number of likely N-dealkylation sites (N-methyl/N-ethyl adjacent to an activating group) is 1. The van der Waals surface area contributed by atoms with E-state index >= 15 is 0 Å². The van der Waals surface area contributed by atoms with Crippen LogP contribution in [0.5, 0.6) is 0 Å². The topological polar surface area (TPSA) is 50.3 Å². The maximum Gasteiger partial charge on any atom is 0.225 e. The third kappa shape index (κ3) is 3.26. The van der Waals surface area contributed by atoms with E-state index in [2.05, 4.69) is 37.9 Å². The average molecular weight is 334 g/mol. The van der Waals surface area contributed by atoms with Crippen LogP contribution in [0.25, 0.3) is 0 Å². The van der Waals surface area contributed by atoms with Crippen molar-refractivity contribution in [3.63, 3.8) is 0 Å². The molecule has 1 fully saturated rings. The smallest absolute Gasteiger partial charge is 0.225 e. The molecule has 5 nitrogen and oxygen atoms in total. The van der Waals surface area contributed by atoms with Crippen molar-refractivity contribution in [1.82, 2.24) is 15.3 Å². The molecule has 1 aromatic heterocycles. The van der Waals surface area contributed by atoms with Crippen LogP contribution >= 0.6 is 22.6 Å². The predicted octanol–water partition coefficient (Wildman–Crippen LogP) is 0.506. The standard InChI is InChI=1S/C10H15IN4O/c1-15(7-9-6-12-2-3-16-9)10-13-4-8(11)5-14-10/h4-5,9,12H,2-3,6-7H2,1H3. The quantitative estimate of drug-likeness (QED) is 0.817. The molecule has 1 unspecified atom stereocenters. The van der Waals surface area contributed by atoms with Gasteiger partial charge in [0, 0.05) is 42.6 Å². The minimum atomic E-state index is 0.224. The Hall–Kier alpha value is -0.470. The zero-order chi connectivity index (χ0) is 11.4. The van der Waals surface area contributed by atoms with Gasteiger partial charge < -0.3 is 15.0 Å². The highest BCUT2D eigenvalue weighted by molar-refractivity contribution is 14.1.